The summed E-state index contributed by atoms with van der Waals surface area (Å²) in [5.41, 5.74) is 11.5. The van der Waals surface area contributed by atoms with Crippen LogP contribution in [0.5, 0.6) is 0 Å². The highest BCUT2D eigenvalue weighted by molar-refractivity contribution is 5.52. The monoisotopic (exact) mass is 176 g/mol. The zero-order chi connectivity index (χ0) is 9.26. The van der Waals surface area contributed by atoms with Gasteiger partial charge < -0.3 is 11.5 Å². The summed E-state index contributed by atoms with van der Waals surface area (Å²) in [7, 11) is 0. The number of nitrogen functional groups attached to an aromatic ring is 2. The third-order valence-electron chi connectivity index (χ3n) is 1.52. The third-order valence-corrected chi connectivity index (χ3v) is 1.52. The minimum atomic E-state index is 0.194. The minimum Gasteiger partial charge on any atom is -0.384 e. The van der Waals surface area contributed by atoms with Crippen LogP contribution in [0.2, 0.25) is 0 Å². The van der Waals surface area contributed by atoms with Crippen LogP contribution >= 0.6 is 0 Å². The second-order valence-corrected chi connectivity index (χ2v) is 2.49. The summed E-state index contributed by atoms with van der Waals surface area (Å²) in [6, 6.07) is 5.26. The summed E-state index contributed by atoms with van der Waals surface area (Å²) in [6.07, 6.45) is 0. The maximum absolute atomic E-state index is 5.50. The molecule has 0 aromatic carbocycles. The van der Waals surface area contributed by atoms with Gasteiger partial charge in [-0.2, -0.15) is 4.98 Å². The molecule has 5 N–H and O–H groups in total. The first kappa shape index (κ1) is 7.53. The lowest BCUT2D eigenvalue weighted by Crippen LogP contribution is -1.92. The predicted molar refractivity (Wildman–Crippen MR) is 48.4 cm³/mol. The van der Waals surface area contributed by atoms with E-state index in [2.05, 4.69) is 20.2 Å². The van der Waals surface area contributed by atoms with Crippen LogP contribution in [-0.4, -0.2) is 20.2 Å². The van der Waals surface area contributed by atoms with Crippen LogP contribution in [0.4, 0.5) is 11.8 Å². The molecule has 0 unspecified atom stereocenters. The first-order valence-corrected chi connectivity index (χ1v) is 3.66. The number of anilines is 2. The van der Waals surface area contributed by atoms with Gasteiger partial charge in [-0.25, -0.2) is 4.98 Å². The maximum Gasteiger partial charge on any atom is 0.239 e. The Morgan fingerprint density at radius 1 is 1.15 bits per heavy atom. The first-order valence-electron chi connectivity index (χ1n) is 3.66. The number of aromatic nitrogens is 4. The van der Waals surface area contributed by atoms with E-state index in [1.807, 2.05) is 0 Å². The van der Waals surface area contributed by atoms with Crippen molar-refractivity contribution < 1.29 is 0 Å². The highest BCUT2D eigenvalue weighted by Gasteiger charge is 2.03. The Morgan fingerprint density at radius 2 is 2.00 bits per heavy atom. The number of aromatic amines is 1. The van der Waals surface area contributed by atoms with Crippen LogP contribution in [0, 0.1) is 0 Å². The van der Waals surface area contributed by atoms with Gasteiger partial charge in [0.15, 0.2) is 5.82 Å². The summed E-state index contributed by atoms with van der Waals surface area (Å²) < 4.78 is 0. The van der Waals surface area contributed by atoms with Crippen molar-refractivity contribution >= 4 is 11.8 Å². The van der Waals surface area contributed by atoms with E-state index in [0.29, 0.717) is 17.3 Å². The Kier molecular flexibility index (Phi) is 1.59. The lowest BCUT2D eigenvalue weighted by Gasteiger charge is -1.95. The van der Waals surface area contributed by atoms with Crippen molar-refractivity contribution in [3.8, 4) is 11.5 Å². The fourth-order valence-corrected chi connectivity index (χ4v) is 0.973. The normalized spacial score (nSPS) is 10.2. The van der Waals surface area contributed by atoms with E-state index in [1.165, 1.54) is 0 Å². The van der Waals surface area contributed by atoms with Gasteiger partial charge in [-0.1, -0.05) is 6.07 Å². The van der Waals surface area contributed by atoms with Gasteiger partial charge in [-0.15, -0.1) is 5.10 Å². The number of hydrogen-bond donors (Lipinski definition) is 3. The van der Waals surface area contributed by atoms with Gasteiger partial charge in [-0.3, -0.25) is 5.10 Å². The van der Waals surface area contributed by atoms with Gasteiger partial charge in [0, 0.05) is 0 Å². The second kappa shape index (κ2) is 2.74. The van der Waals surface area contributed by atoms with Crippen molar-refractivity contribution in [2.45, 2.75) is 0 Å². The summed E-state index contributed by atoms with van der Waals surface area (Å²) in [6.45, 7) is 0. The molecule has 0 amide bonds. The van der Waals surface area contributed by atoms with Crippen molar-refractivity contribution in [1.29, 1.82) is 0 Å². The molecule has 0 radical (unpaired) electrons. The lowest BCUT2D eigenvalue weighted by molar-refractivity contribution is 1.09. The van der Waals surface area contributed by atoms with Crippen LogP contribution in [0.15, 0.2) is 18.2 Å². The molecule has 0 aliphatic rings. The SMILES string of the molecule is Nc1cccc(-c2nc(N)n[nH]2)n1. The molecule has 2 rings (SSSR count). The van der Waals surface area contributed by atoms with Crippen LogP contribution < -0.4 is 11.5 Å². The molecule has 2 aromatic rings. The molecule has 0 spiro atoms. The van der Waals surface area contributed by atoms with Crippen LogP contribution in [-0.2, 0) is 0 Å². The largest absolute Gasteiger partial charge is 0.384 e. The van der Waals surface area contributed by atoms with Crippen LogP contribution in [0.3, 0.4) is 0 Å². The molecule has 0 atom stereocenters. The molecule has 0 aliphatic heterocycles. The highest BCUT2D eigenvalue weighted by Crippen LogP contribution is 2.12. The number of nitrogens with zero attached hydrogens (tertiary/aromatic N) is 3. The molecular formula is C7H8N6. The van der Waals surface area contributed by atoms with Crippen molar-refractivity contribution in [3.05, 3.63) is 18.2 Å². The van der Waals surface area contributed by atoms with Crippen molar-refractivity contribution in [2.75, 3.05) is 11.5 Å². The molecule has 6 nitrogen and oxygen atoms in total. The molecule has 0 saturated carbocycles. The van der Waals surface area contributed by atoms with Gasteiger partial charge in [0.2, 0.25) is 5.95 Å². The van der Waals surface area contributed by atoms with Gasteiger partial charge in [-0.05, 0) is 12.1 Å². The fraction of sp³-hybridized carbons (Fsp3) is 0. The van der Waals surface area contributed by atoms with Crippen molar-refractivity contribution in [3.63, 3.8) is 0 Å². The molecule has 6 heteroatoms. The number of hydrogen-bond acceptors (Lipinski definition) is 5. The Morgan fingerprint density at radius 3 is 2.62 bits per heavy atom. The quantitative estimate of drug-likeness (QED) is 0.568. The molecular weight excluding hydrogens is 168 g/mol. The van der Waals surface area contributed by atoms with Crippen LogP contribution in [0.1, 0.15) is 0 Å². The van der Waals surface area contributed by atoms with Crippen molar-refractivity contribution in [1.82, 2.24) is 20.2 Å². The molecule has 0 fully saturated rings. The van der Waals surface area contributed by atoms with Crippen molar-refractivity contribution in [2.24, 2.45) is 0 Å². The van der Waals surface area contributed by atoms with E-state index in [0.717, 1.165) is 0 Å². The summed E-state index contributed by atoms with van der Waals surface area (Å²) >= 11 is 0. The summed E-state index contributed by atoms with van der Waals surface area (Å²) in [4.78, 5) is 7.96. The van der Waals surface area contributed by atoms with Gasteiger partial charge in [0.1, 0.15) is 11.5 Å². The van der Waals surface area contributed by atoms with E-state index in [1.54, 1.807) is 18.2 Å². The number of nitrogens with two attached hydrogens (primary N) is 2. The Hall–Kier alpha value is -2.11. The predicted octanol–water partition coefficient (Wildman–Crippen LogP) is 0.0311. The zero-order valence-electron chi connectivity index (χ0n) is 6.73. The summed E-state index contributed by atoms with van der Waals surface area (Å²) in [5.74, 6) is 1.15. The van der Waals surface area contributed by atoms with E-state index in [4.69, 9.17) is 11.5 Å². The third kappa shape index (κ3) is 1.41. The Bertz CT molecular complexity index is 420. The average Bonchev–Trinajstić information content (AvgIpc) is 2.52. The fourth-order valence-electron chi connectivity index (χ4n) is 0.973. The lowest BCUT2D eigenvalue weighted by atomic mass is 10.3. The topological polar surface area (TPSA) is 106 Å². The van der Waals surface area contributed by atoms with E-state index in [9.17, 15) is 0 Å². The Balaban J connectivity index is 2.46. The molecule has 0 bridgehead atoms. The molecule has 13 heavy (non-hydrogen) atoms. The summed E-state index contributed by atoms with van der Waals surface area (Å²) in [5, 5.41) is 6.33. The molecule has 0 aliphatic carbocycles. The molecule has 0 saturated heterocycles. The number of nitrogens with one attached hydrogen (secondary N) is 1. The Labute approximate surface area is 74.0 Å². The van der Waals surface area contributed by atoms with Crippen LogP contribution in [0.25, 0.3) is 11.5 Å². The number of rotatable bonds is 1. The van der Waals surface area contributed by atoms with Gasteiger partial charge in [0.25, 0.3) is 0 Å². The minimum absolute atomic E-state index is 0.194. The smallest absolute Gasteiger partial charge is 0.239 e. The van der Waals surface area contributed by atoms with E-state index in [-0.39, 0.29) is 5.95 Å². The molecule has 2 heterocycles. The highest BCUT2D eigenvalue weighted by atomic mass is 15.3. The zero-order valence-corrected chi connectivity index (χ0v) is 6.73. The second-order valence-electron chi connectivity index (χ2n) is 2.49. The standard InChI is InChI=1S/C7H8N6/c8-5-3-1-2-4(10-5)6-11-7(9)13-12-6/h1-3H,(H2,8,10)(H3,9,11,12,13). The van der Waals surface area contributed by atoms with E-state index >= 15 is 0 Å². The van der Waals surface area contributed by atoms with Gasteiger partial charge in [0.05, 0.1) is 0 Å². The first-order chi connectivity index (χ1) is 6.25. The molecule has 2 aromatic heterocycles. The average molecular weight is 176 g/mol. The number of H-pyrrole nitrogens is 1. The maximum atomic E-state index is 5.50. The number of pyridine rings is 1. The molecule has 66 valence electrons. The van der Waals surface area contributed by atoms with Gasteiger partial charge >= 0.3 is 0 Å². The van der Waals surface area contributed by atoms with E-state index < -0.39 is 0 Å².